The topological polar surface area (TPSA) is 92.2 Å². The average Bonchev–Trinajstić information content (AvgIpc) is 3.20. The Morgan fingerprint density at radius 1 is 1.26 bits per heavy atom. The first-order valence-corrected chi connectivity index (χ1v) is 9.02. The molecule has 1 saturated heterocycles. The molecule has 1 N–H and O–H groups in total. The molecule has 0 radical (unpaired) electrons. The third-order valence-electron chi connectivity index (χ3n) is 4.96. The van der Waals surface area contributed by atoms with Crippen LogP contribution < -0.4 is 14.7 Å². The van der Waals surface area contributed by atoms with Crippen molar-refractivity contribution >= 4 is 11.9 Å². The number of non-ortho nitro benzene ring substituents is 1. The minimum atomic E-state index is -0.510. The zero-order valence-electron chi connectivity index (χ0n) is 15.3. The zero-order valence-corrected chi connectivity index (χ0v) is 15.3. The molecule has 7 nitrogen and oxygen atoms in total. The number of nitrogens with zero attached hydrogens (tertiary/aromatic N) is 2. The zero-order chi connectivity index (χ0) is 19.2. The minimum Gasteiger partial charge on any atom is -0.872 e. The van der Waals surface area contributed by atoms with Crippen LogP contribution in [-0.2, 0) is 0 Å². The van der Waals surface area contributed by atoms with Crippen molar-refractivity contribution in [2.75, 3.05) is 26.7 Å². The number of hydrogen-bond acceptors (Lipinski definition) is 5. The summed E-state index contributed by atoms with van der Waals surface area (Å²) in [7, 11) is 1.65. The molecule has 0 aromatic heterocycles. The average molecular weight is 369 g/mol. The van der Waals surface area contributed by atoms with Gasteiger partial charge >= 0.3 is 0 Å². The maximum Gasteiger partial charge on any atom is 0.270 e. The van der Waals surface area contributed by atoms with Crippen LogP contribution >= 0.6 is 0 Å². The second-order valence-corrected chi connectivity index (χ2v) is 6.67. The van der Waals surface area contributed by atoms with E-state index in [1.54, 1.807) is 7.11 Å². The summed E-state index contributed by atoms with van der Waals surface area (Å²) in [6.45, 7) is 2.67. The van der Waals surface area contributed by atoms with E-state index in [0.29, 0.717) is 6.54 Å². The molecule has 0 spiro atoms. The second kappa shape index (κ2) is 8.64. The summed E-state index contributed by atoms with van der Waals surface area (Å²) >= 11 is 0. The highest BCUT2D eigenvalue weighted by Crippen LogP contribution is 2.21. The Balaban J connectivity index is 1.81. The number of quaternary nitrogens is 1. The van der Waals surface area contributed by atoms with Crippen molar-refractivity contribution in [2.45, 2.75) is 18.9 Å². The number of methoxy groups -OCH3 is 1. The first-order valence-electron chi connectivity index (χ1n) is 9.02. The SMILES string of the molecule is COc1cccc([C@H](CN=Cc2cc([N+](=O)[O-])ccc2[O-])[NH+]2CCCC2)c1. The van der Waals surface area contributed by atoms with E-state index >= 15 is 0 Å². The molecule has 2 aromatic carbocycles. The van der Waals surface area contributed by atoms with E-state index < -0.39 is 4.92 Å². The maximum absolute atomic E-state index is 11.9. The fourth-order valence-corrected chi connectivity index (χ4v) is 3.51. The Morgan fingerprint density at radius 2 is 2.04 bits per heavy atom. The summed E-state index contributed by atoms with van der Waals surface area (Å²) in [5, 5.41) is 22.9. The predicted octanol–water partition coefficient (Wildman–Crippen LogP) is 1.52. The minimum absolute atomic E-state index is 0.106. The van der Waals surface area contributed by atoms with E-state index in [-0.39, 0.29) is 23.0 Å². The van der Waals surface area contributed by atoms with Gasteiger partial charge in [0.05, 0.1) is 31.7 Å². The number of benzene rings is 2. The summed E-state index contributed by atoms with van der Waals surface area (Å²) in [6, 6.07) is 11.8. The van der Waals surface area contributed by atoms with Crippen molar-refractivity contribution in [3.05, 3.63) is 63.7 Å². The number of rotatable bonds is 7. The van der Waals surface area contributed by atoms with Gasteiger partial charge in [-0.05, 0) is 17.7 Å². The van der Waals surface area contributed by atoms with E-state index in [9.17, 15) is 15.2 Å². The van der Waals surface area contributed by atoms with Crippen LogP contribution in [0.3, 0.4) is 0 Å². The van der Waals surface area contributed by atoms with E-state index in [0.717, 1.165) is 24.4 Å². The summed E-state index contributed by atoms with van der Waals surface area (Å²) in [6.07, 6.45) is 3.84. The van der Waals surface area contributed by atoms with Crippen LogP contribution in [0.5, 0.6) is 11.5 Å². The Morgan fingerprint density at radius 3 is 2.74 bits per heavy atom. The molecular weight excluding hydrogens is 346 g/mol. The van der Waals surface area contributed by atoms with Crippen LogP contribution in [0.4, 0.5) is 5.69 Å². The molecule has 1 heterocycles. The molecule has 27 heavy (non-hydrogen) atoms. The number of nitro groups is 1. The third kappa shape index (κ3) is 4.62. The molecule has 0 bridgehead atoms. The van der Waals surface area contributed by atoms with Crippen LogP contribution in [0, 0.1) is 10.1 Å². The van der Waals surface area contributed by atoms with Gasteiger partial charge in [-0.3, -0.25) is 15.1 Å². The van der Waals surface area contributed by atoms with Crippen LogP contribution in [0.1, 0.15) is 30.0 Å². The molecule has 1 aliphatic rings. The highest BCUT2D eigenvalue weighted by atomic mass is 16.6. The molecule has 3 rings (SSSR count). The summed E-state index contributed by atoms with van der Waals surface area (Å²) in [5.74, 6) is 0.538. The van der Waals surface area contributed by atoms with Gasteiger partial charge in [-0.1, -0.05) is 23.9 Å². The summed E-state index contributed by atoms with van der Waals surface area (Å²) in [5.41, 5.74) is 1.28. The van der Waals surface area contributed by atoms with E-state index in [4.69, 9.17) is 4.74 Å². The highest BCUT2D eigenvalue weighted by molar-refractivity contribution is 5.84. The van der Waals surface area contributed by atoms with E-state index in [1.165, 1.54) is 42.2 Å². The smallest absolute Gasteiger partial charge is 0.270 e. The van der Waals surface area contributed by atoms with Crippen molar-refractivity contribution < 1.29 is 19.7 Å². The monoisotopic (exact) mass is 369 g/mol. The van der Waals surface area contributed by atoms with Crippen molar-refractivity contribution in [1.29, 1.82) is 0 Å². The molecular formula is C20H23N3O4. The molecule has 0 amide bonds. The van der Waals surface area contributed by atoms with Gasteiger partial charge in [0.15, 0.2) is 0 Å². The standard InChI is InChI=1S/C20H23N3O4/c1-27-18-6-4-5-15(12-18)19(22-9-2-3-10-22)14-21-13-16-11-17(23(25)26)7-8-20(16)24/h4-8,11-13,19,24H,2-3,9-10,14H2,1H3/t19-/m0/s1. The molecule has 1 aliphatic heterocycles. The predicted molar refractivity (Wildman–Crippen MR) is 101 cm³/mol. The highest BCUT2D eigenvalue weighted by Gasteiger charge is 2.27. The lowest BCUT2D eigenvalue weighted by Crippen LogP contribution is -3.10. The lowest BCUT2D eigenvalue weighted by Gasteiger charge is -2.24. The number of likely N-dealkylation sites (tertiary alicyclic amines) is 1. The molecule has 2 aromatic rings. The first-order chi connectivity index (χ1) is 13.1. The van der Waals surface area contributed by atoms with Gasteiger partial charge in [0.25, 0.3) is 5.69 Å². The lowest BCUT2D eigenvalue weighted by molar-refractivity contribution is -0.918. The molecule has 0 aliphatic carbocycles. The Labute approximate surface area is 158 Å². The van der Waals surface area contributed by atoms with Gasteiger partial charge in [-0.25, -0.2) is 0 Å². The second-order valence-electron chi connectivity index (χ2n) is 6.67. The molecule has 1 fully saturated rings. The van der Waals surface area contributed by atoms with Crippen LogP contribution in [0.25, 0.3) is 0 Å². The Bertz CT molecular complexity index is 832. The third-order valence-corrected chi connectivity index (χ3v) is 4.96. The largest absolute Gasteiger partial charge is 0.872 e. The number of hydrogen-bond donors (Lipinski definition) is 1. The van der Waals surface area contributed by atoms with Gasteiger partial charge in [0.1, 0.15) is 11.8 Å². The molecule has 142 valence electrons. The van der Waals surface area contributed by atoms with Gasteiger partial charge in [0, 0.05) is 36.8 Å². The van der Waals surface area contributed by atoms with Crippen LogP contribution in [0.15, 0.2) is 47.5 Å². The van der Waals surface area contributed by atoms with E-state index in [2.05, 4.69) is 11.1 Å². The van der Waals surface area contributed by atoms with Crippen molar-refractivity contribution in [3.8, 4) is 11.5 Å². The number of ether oxygens (including phenoxy) is 1. The number of nitrogens with one attached hydrogen (secondary N) is 1. The van der Waals surface area contributed by atoms with Gasteiger partial charge in [0.2, 0.25) is 0 Å². The maximum atomic E-state index is 11.9. The molecule has 7 heteroatoms. The summed E-state index contributed by atoms with van der Waals surface area (Å²) in [4.78, 5) is 16.3. The van der Waals surface area contributed by atoms with Crippen LogP contribution in [-0.4, -0.2) is 37.9 Å². The summed E-state index contributed by atoms with van der Waals surface area (Å²) < 4.78 is 5.34. The van der Waals surface area contributed by atoms with Gasteiger partial charge in [-0.2, -0.15) is 0 Å². The van der Waals surface area contributed by atoms with Gasteiger partial charge < -0.3 is 14.7 Å². The lowest BCUT2D eigenvalue weighted by atomic mass is 10.1. The number of nitro benzene ring substituents is 1. The molecule has 0 saturated carbocycles. The fraction of sp³-hybridized carbons (Fsp3) is 0.350. The fourth-order valence-electron chi connectivity index (χ4n) is 3.51. The first kappa shape index (κ1) is 18.8. The van der Waals surface area contributed by atoms with Crippen LogP contribution in [0.2, 0.25) is 0 Å². The number of aliphatic imine (C=N–C) groups is 1. The Hall–Kier alpha value is -2.93. The normalized spacial score (nSPS) is 15.9. The van der Waals surface area contributed by atoms with Gasteiger partial charge in [-0.15, -0.1) is 0 Å². The van der Waals surface area contributed by atoms with E-state index in [1.807, 2.05) is 18.2 Å². The quantitative estimate of drug-likeness (QED) is 0.455. The van der Waals surface area contributed by atoms with Crippen molar-refractivity contribution in [3.63, 3.8) is 0 Å². The van der Waals surface area contributed by atoms with Crippen molar-refractivity contribution in [2.24, 2.45) is 4.99 Å². The molecule has 1 atom stereocenters. The van der Waals surface area contributed by atoms with Crippen molar-refractivity contribution in [1.82, 2.24) is 0 Å². The Kier molecular flexibility index (Phi) is 6.03. The molecule has 0 unspecified atom stereocenters.